The summed E-state index contributed by atoms with van der Waals surface area (Å²) in [7, 11) is 1.91. The van der Waals surface area contributed by atoms with Crippen molar-refractivity contribution in [1.29, 1.82) is 0 Å². The van der Waals surface area contributed by atoms with Crippen LogP contribution in [-0.2, 0) is 0 Å². The molecule has 0 heterocycles. The van der Waals surface area contributed by atoms with Gasteiger partial charge in [-0.25, -0.2) is 4.39 Å². The van der Waals surface area contributed by atoms with E-state index in [0.29, 0.717) is 18.5 Å². The normalized spacial score (nSPS) is 13.1. The minimum atomic E-state index is -0.289. The first kappa shape index (κ1) is 13.1. The lowest BCUT2D eigenvalue weighted by Gasteiger charge is -2.18. The Labute approximate surface area is 95.7 Å². The quantitative estimate of drug-likeness (QED) is 0.764. The van der Waals surface area contributed by atoms with Gasteiger partial charge in [-0.2, -0.15) is 0 Å². The van der Waals surface area contributed by atoms with Crippen LogP contribution in [0.2, 0.25) is 0 Å². The van der Waals surface area contributed by atoms with E-state index in [1.165, 1.54) is 6.07 Å². The third-order valence-electron chi connectivity index (χ3n) is 2.61. The van der Waals surface area contributed by atoms with Crippen molar-refractivity contribution < 1.29 is 9.50 Å². The average Bonchev–Trinajstić information content (AvgIpc) is 2.27. The molecule has 3 N–H and O–H groups in total. The van der Waals surface area contributed by atoms with E-state index in [9.17, 15) is 4.39 Å². The summed E-state index contributed by atoms with van der Waals surface area (Å²) < 4.78 is 13.4. The van der Waals surface area contributed by atoms with Crippen LogP contribution in [0.25, 0.3) is 0 Å². The summed E-state index contributed by atoms with van der Waals surface area (Å²) >= 11 is 0. The lowest BCUT2D eigenvalue weighted by Crippen LogP contribution is -2.26. The van der Waals surface area contributed by atoms with Gasteiger partial charge in [0, 0.05) is 18.2 Å². The fourth-order valence-corrected chi connectivity index (χ4v) is 1.57. The average molecular weight is 226 g/mol. The zero-order chi connectivity index (χ0) is 12.0. The molecule has 0 amide bonds. The zero-order valence-corrected chi connectivity index (χ0v) is 9.56. The van der Waals surface area contributed by atoms with Crippen molar-refractivity contribution in [2.75, 3.05) is 26.7 Å². The second kappa shape index (κ2) is 6.58. The molecule has 0 fully saturated rings. The number of hydrogen-bond donors (Lipinski definition) is 2. The Morgan fingerprint density at radius 3 is 2.69 bits per heavy atom. The number of rotatable bonds is 6. The zero-order valence-electron chi connectivity index (χ0n) is 9.56. The molecule has 1 rings (SSSR count). The highest BCUT2D eigenvalue weighted by molar-refractivity contribution is 5.20. The summed E-state index contributed by atoms with van der Waals surface area (Å²) in [4.78, 5) is 1.97. The summed E-state index contributed by atoms with van der Waals surface area (Å²) in [6.45, 7) is 1.49. The largest absolute Gasteiger partial charge is 0.395 e. The Morgan fingerprint density at radius 2 is 2.06 bits per heavy atom. The molecule has 1 atom stereocenters. The van der Waals surface area contributed by atoms with Crippen LogP contribution >= 0.6 is 0 Å². The maximum absolute atomic E-state index is 13.4. The molecular formula is C12H19FN2O. The molecule has 0 aromatic heterocycles. The van der Waals surface area contributed by atoms with Gasteiger partial charge in [-0.15, -0.1) is 0 Å². The molecule has 1 aromatic rings. The van der Waals surface area contributed by atoms with E-state index in [1.807, 2.05) is 11.9 Å². The highest BCUT2D eigenvalue weighted by Gasteiger charge is 2.11. The van der Waals surface area contributed by atoms with E-state index < -0.39 is 0 Å². The smallest absolute Gasteiger partial charge is 0.127 e. The number of aliphatic hydroxyl groups excluding tert-OH is 1. The molecule has 0 aliphatic heterocycles. The number of nitrogens with two attached hydrogens (primary N) is 1. The SMILES string of the molecule is CN(CCO)CCC(N)c1ccccc1F. The fourth-order valence-electron chi connectivity index (χ4n) is 1.57. The van der Waals surface area contributed by atoms with Crippen molar-refractivity contribution in [3.05, 3.63) is 35.6 Å². The third kappa shape index (κ3) is 3.89. The standard InChI is InChI=1S/C12H19FN2O/c1-15(8-9-16)7-6-12(14)10-4-2-3-5-11(10)13/h2-5,12,16H,6-9,14H2,1H3. The van der Waals surface area contributed by atoms with Crippen LogP contribution in [0.1, 0.15) is 18.0 Å². The monoisotopic (exact) mass is 226 g/mol. The van der Waals surface area contributed by atoms with E-state index in [2.05, 4.69) is 0 Å². The first-order chi connectivity index (χ1) is 7.65. The molecule has 0 saturated heterocycles. The van der Waals surface area contributed by atoms with Gasteiger partial charge in [-0.1, -0.05) is 18.2 Å². The van der Waals surface area contributed by atoms with Gasteiger partial charge >= 0.3 is 0 Å². The first-order valence-corrected chi connectivity index (χ1v) is 5.44. The van der Waals surface area contributed by atoms with Crippen molar-refractivity contribution >= 4 is 0 Å². The molecule has 1 aromatic carbocycles. The Bertz CT molecular complexity index is 320. The molecule has 0 aliphatic rings. The van der Waals surface area contributed by atoms with Crippen molar-refractivity contribution in [2.45, 2.75) is 12.5 Å². The first-order valence-electron chi connectivity index (χ1n) is 5.44. The van der Waals surface area contributed by atoms with Gasteiger partial charge in [0.1, 0.15) is 5.82 Å². The topological polar surface area (TPSA) is 49.5 Å². The van der Waals surface area contributed by atoms with E-state index in [-0.39, 0.29) is 18.5 Å². The number of likely N-dealkylation sites (N-methyl/N-ethyl adjacent to an activating group) is 1. The second-order valence-corrected chi connectivity index (χ2v) is 3.94. The minimum absolute atomic E-state index is 0.130. The van der Waals surface area contributed by atoms with Crippen LogP contribution in [0.5, 0.6) is 0 Å². The Morgan fingerprint density at radius 1 is 1.38 bits per heavy atom. The Hall–Kier alpha value is -0.970. The molecule has 0 saturated carbocycles. The van der Waals surface area contributed by atoms with Gasteiger partial charge in [0.25, 0.3) is 0 Å². The maximum Gasteiger partial charge on any atom is 0.127 e. The van der Waals surface area contributed by atoms with E-state index in [0.717, 1.165) is 6.54 Å². The molecule has 16 heavy (non-hydrogen) atoms. The van der Waals surface area contributed by atoms with Gasteiger partial charge in [0.05, 0.1) is 6.61 Å². The van der Waals surface area contributed by atoms with E-state index in [4.69, 9.17) is 10.8 Å². The molecular weight excluding hydrogens is 207 g/mol. The predicted molar refractivity (Wildman–Crippen MR) is 62.5 cm³/mol. The Kier molecular flexibility index (Phi) is 5.38. The highest BCUT2D eigenvalue weighted by Crippen LogP contribution is 2.17. The van der Waals surface area contributed by atoms with Crippen molar-refractivity contribution in [2.24, 2.45) is 5.73 Å². The second-order valence-electron chi connectivity index (χ2n) is 3.94. The maximum atomic E-state index is 13.4. The number of halogens is 1. The minimum Gasteiger partial charge on any atom is -0.395 e. The van der Waals surface area contributed by atoms with Crippen LogP contribution in [0.4, 0.5) is 4.39 Å². The van der Waals surface area contributed by atoms with Crippen molar-refractivity contribution in [1.82, 2.24) is 4.90 Å². The molecule has 1 unspecified atom stereocenters. The summed E-state index contributed by atoms with van der Waals surface area (Å²) in [6, 6.07) is 6.29. The highest BCUT2D eigenvalue weighted by atomic mass is 19.1. The van der Waals surface area contributed by atoms with E-state index in [1.54, 1.807) is 18.2 Å². The van der Waals surface area contributed by atoms with Crippen LogP contribution < -0.4 is 5.73 Å². The van der Waals surface area contributed by atoms with Crippen molar-refractivity contribution in [3.8, 4) is 0 Å². The summed E-state index contributed by atoms with van der Waals surface area (Å²) in [5.41, 5.74) is 6.47. The van der Waals surface area contributed by atoms with Crippen LogP contribution in [0.15, 0.2) is 24.3 Å². The van der Waals surface area contributed by atoms with Gasteiger partial charge in [0.15, 0.2) is 0 Å². The predicted octanol–water partition coefficient (Wildman–Crippen LogP) is 1.14. The van der Waals surface area contributed by atoms with Crippen molar-refractivity contribution in [3.63, 3.8) is 0 Å². The van der Waals surface area contributed by atoms with Gasteiger partial charge in [0.2, 0.25) is 0 Å². The molecule has 0 bridgehead atoms. The molecule has 4 heteroatoms. The molecule has 0 aliphatic carbocycles. The van der Waals surface area contributed by atoms with E-state index >= 15 is 0 Å². The number of benzene rings is 1. The van der Waals surface area contributed by atoms with Gasteiger partial charge in [-0.3, -0.25) is 0 Å². The lowest BCUT2D eigenvalue weighted by atomic mass is 10.0. The number of aliphatic hydroxyl groups is 1. The molecule has 0 radical (unpaired) electrons. The van der Waals surface area contributed by atoms with Gasteiger partial charge < -0.3 is 15.7 Å². The van der Waals surface area contributed by atoms with Gasteiger partial charge in [-0.05, 0) is 26.1 Å². The molecule has 0 spiro atoms. The van der Waals surface area contributed by atoms with Crippen LogP contribution in [-0.4, -0.2) is 36.8 Å². The molecule has 90 valence electrons. The summed E-state index contributed by atoms with van der Waals surface area (Å²) in [5.74, 6) is -0.250. The lowest BCUT2D eigenvalue weighted by molar-refractivity contribution is 0.217. The van der Waals surface area contributed by atoms with Crippen LogP contribution in [0.3, 0.4) is 0 Å². The number of hydrogen-bond acceptors (Lipinski definition) is 3. The summed E-state index contributed by atoms with van der Waals surface area (Å²) in [5, 5.41) is 8.73. The number of nitrogens with zero attached hydrogens (tertiary/aromatic N) is 1. The van der Waals surface area contributed by atoms with Crippen LogP contribution in [0, 0.1) is 5.82 Å². The third-order valence-corrected chi connectivity index (χ3v) is 2.61. The molecule has 3 nitrogen and oxygen atoms in total. The fraction of sp³-hybridized carbons (Fsp3) is 0.500. The summed E-state index contributed by atoms with van der Waals surface area (Å²) in [6.07, 6.45) is 0.678. The Balaban J connectivity index is 2.46.